The van der Waals surface area contributed by atoms with E-state index in [-0.39, 0.29) is 18.3 Å². The number of anilines is 1. The fourth-order valence-electron chi connectivity index (χ4n) is 2.41. The van der Waals surface area contributed by atoms with Crippen molar-refractivity contribution in [2.45, 2.75) is 20.3 Å². The first-order valence-corrected chi connectivity index (χ1v) is 7.12. The van der Waals surface area contributed by atoms with Gasteiger partial charge in [0.25, 0.3) is 5.91 Å². The molecule has 1 aromatic rings. The molecule has 1 amide bonds. The second-order valence-electron chi connectivity index (χ2n) is 5.28. The van der Waals surface area contributed by atoms with Crippen LogP contribution in [0.5, 0.6) is 0 Å². The summed E-state index contributed by atoms with van der Waals surface area (Å²) in [6, 6.07) is 5.44. The number of amides is 1. The number of nitrogens with zero attached hydrogens (tertiary/aromatic N) is 1. The van der Waals surface area contributed by atoms with E-state index in [2.05, 4.69) is 29.8 Å². The van der Waals surface area contributed by atoms with Gasteiger partial charge in [-0.2, -0.15) is 0 Å². The second kappa shape index (κ2) is 6.62. The van der Waals surface area contributed by atoms with Crippen molar-refractivity contribution in [1.29, 1.82) is 0 Å². The lowest BCUT2D eigenvalue weighted by Gasteiger charge is -2.19. The van der Waals surface area contributed by atoms with Crippen molar-refractivity contribution in [2.75, 3.05) is 18.8 Å². The first-order chi connectivity index (χ1) is 8.49. The molecular formula is C14H20BrClN2O. The SMILES string of the molecule is CC(C)C1CCN(C(=O)c2ccc(Br)cc2N)C1.Cl. The molecule has 0 radical (unpaired) electrons. The van der Waals surface area contributed by atoms with Crippen LogP contribution >= 0.6 is 28.3 Å². The average Bonchev–Trinajstić information content (AvgIpc) is 2.77. The van der Waals surface area contributed by atoms with Gasteiger partial charge in [0.1, 0.15) is 0 Å². The van der Waals surface area contributed by atoms with Crippen LogP contribution in [0.1, 0.15) is 30.6 Å². The Bertz CT molecular complexity index is 465. The monoisotopic (exact) mass is 346 g/mol. The highest BCUT2D eigenvalue weighted by Gasteiger charge is 2.29. The fraction of sp³-hybridized carbons (Fsp3) is 0.500. The maximum atomic E-state index is 12.4. The molecule has 1 unspecified atom stereocenters. The van der Waals surface area contributed by atoms with Gasteiger partial charge in [0.05, 0.1) is 5.56 Å². The van der Waals surface area contributed by atoms with Gasteiger partial charge in [0, 0.05) is 23.2 Å². The van der Waals surface area contributed by atoms with Crippen molar-refractivity contribution in [2.24, 2.45) is 11.8 Å². The van der Waals surface area contributed by atoms with Crippen molar-refractivity contribution in [3.63, 3.8) is 0 Å². The maximum Gasteiger partial charge on any atom is 0.255 e. The van der Waals surface area contributed by atoms with E-state index >= 15 is 0 Å². The molecule has 1 saturated heterocycles. The molecule has 2 rings (SSSR count). The van der Waals surface area contributed by atoms with E-state index < -0.39 is 0 Å². The van der Waals surface area contributed by atoms with Crippen LogP contribution in [0.15, 0.2) is 22.7 Å². The Kier molecular flexibility index (Phi) is 5.68. The predicted octanol–water partition coefficient (Wildman–Crippen LogP) is 3.57. The van der Waals surface area contributed by atoms with Gasteiger partial charge in [-0.1, -0.05) is 29.8 Å². The molecule has 3 nitrogen and oxygen atoms in total. The van der Waals surface area contributed by atoms with Gasteiger partial charge in [-0.25, -0.2) is 0 Å². The van der Waals surface area contributed by atoms with Gasteiger partial charge < -0.3 is 10.6 Å². The fourth-order valence-corrected chi connectivity index (χ4v) is 2.79. The molecule has 0 aromatic heterocycles. The lowest BCUT2D eigenvalue weighted by Crippen LogP contribution is -2.29. The van der Waals surface area contributed by atoms with Gasteiger partial charge in [0.2, 0.25) is 0 Å². The third-order valence-corrected chi connectivity index (χ3v) is 4.19. The van der Waals surface area contributed by atoms with E-state index in [1.165, 1.54) is 0 Å². The summed E-state index contributed by atoms with van der Waals surface area (Å²) in [5.74, 6) is 1.30. The molecule has 0 saturated carbocycles. The second-order valence-corrected chi connectivity index (χ2v) is 6.19. The van der Waals surface area contributed by atoms with E-state index in [0.717, 1.165) is 24.0 Å². The molecule has 5 heteroatoms. The quantitative estimate of drug-likeness (QED) is 0.831. The van der Waals surface area contributed by atoms with Crippen LogP contribution in [0.3, 0.4) is 0 Å². The Hall–Kier alpha value is -0.740. The standard InChI is InChI=1S/C14H19BrN2O.ClH/c1-9(2)10-5-6-17(8-10)14(18)12-4-3-11(15)7-13(12)16;/h3-4,7,9-10H,5-6,8,16H2,1-2H3;1H. The van der Waals surface area contributed by atoms with Crippen molar-refractivity contribution in [3.05, 3.63) is 28.2 Å². The van der Waals surface area contributed by atoms with E-state index in [1.54, 1.807) is 12.1 Å². The first kappa shape index (κ1) is 16.3. The summed E-state index contributed by atoms with van der Waals surface area (Å²) in [6.45, 7) is 6.13. The summed E-state index contributed by atoms with van der Waals surface area (Å²) in [7, 11) is 0. The van der Waals surface area contributed by atoms with Crippen LogP contribution in [0, 0.1) is 11.8 Å². The number of carbonyl (C=O) groups is 1. The van der Waals surface area contributed by atoms with Gasteiger partial charge in [-0.05, 0) is 36.5 Å². The zero-order valence-electron chi connectivity index (χ0n) is 11.2. The normalized spacial score (nSPS) is 18.5. The Morgan fingerprint density at radius 1 is 1.47 bits per heavy atom. The molecule has 106 valence electrons. The lowest BCUT2D eigenvalue weighted by molar-refractivity contribution is 0.0785. The molecular weight excluding hydrogens is 328 g/mol. The summed E-state index contributed by atoms with van der Waals surface area (Å²) in [4.78, 5) is 14.3. The largest absolute Gasteiger partial charge is 0.398 e. The molecule has 1 heterocycles. The molecule has 19 heavy (non-hydrogen) atoms. The minimum Gasteiger partial charge on any atom is -0.398 e. The number of nitrogens with two attached hydrogens (primary N) is 1. The summed E-state index contributed by atoms with van der Waals surface area (Å²) < 4.78 is 0.901. The van der Waals surface area contributed by atoms with Crippen molar-refractivity contribution < 1.29 is 4.79 Å². The first-order valence-electron chi connectivity index (χ1n) is 6.33. The summed E-state index contributed by atoms with van der Waals surface area (Å²) >= 11 is 3.35. The van der Waals surface area contributed by atoms with Crippen LogP contribution in [0.4, 0.5) is 5.69 Å². The number of benzene rings is 1. The van der Waals surface area contributed by atoms with E-state index in [0.29, 0.717) is 23.1 Å². The Labute approximate surface area is 129 Å². The van der Waals surface area contributed by atoms with E-state index in [4.69, 9.17) is 5.73 Å². The molecule has 1 aliphatic heterocycles. The number of nitrogen functional groups attached to an aromatic ring is 1. The Balaban J connectivity index is 0.00000180. The molecule has 1 aliphatic rings. The number of likely N-dealkylation sites (tertiary alicyclic amines) is 1. The summed E-state index contributed by atoms with van der Waals surface area (Å²) in [5.41, 5.74) is 7.06. The minimum atomic E-state index is 0. The highest BCUT2D eigenvalue weighted by atomic mass is 79.9. The van der Waals surface area contributed by atoms with Gasteiger partial charge >= 0.3 is 0 Å². The van der Waals surface area contributed by atoms with Gasteiger partial charge in [-0.3, -0.25) is 4.79 Å². The zero-order chi connectivity index (χ0) is 13.3. The number of halogens is 2. The Morgan fingerprint density at radius 3 is 2.68 bits per heavy atom. The average molecular weight is 348 g/mol. The third kappa shape index (κ3) is 3.63. The zero-order valence-corrected chi connectivity index (χ0v) is 13.6. The molecule has 0 bridgehead atoms. The topological polar surface area (TPSA) is 46.3 Å². The van der Waals surface area contributed by atoms with Crippen LogP contribution in [0.2, 0.25) is 0 Å². The van der Waals surface area contributed by atoms with Crippen molar-refractivity contribution >= 4 is 39.9 Å². The number of hydrogen-bond donors (Lipinski definition) is 1. The highest BCUT2D eigenvalue weighted by Crippen LogP contribution is 2.27. The van der Waals surface area contributed by atoms with Crippen molar-refractivity contribution in [3.8, 4) is 0 Å². The summed E-state index contributed by atoms with van der Waals surface area (Å²) in [5, 5.41) is 0. The third-order valence-electron chi connectivity index (χ3n) is 3.70. The highest BCUT2D eigenvalue weighted by molar-refractivity contribution is 9.10. The molecule has 2 N–H and O–H groups in total. The number of carbonyl (C=O) groups excluding carboxylic acids is 1. The molecule has 0 aliphatic carbocycles. The maximum absolute atomic E-state index is 12.4. The van der Waals surface area contributed by atoms with Crippen LogP contribution in [-0.4, -0.2) is 23.9 Å². The van der Waals surface area contributed by atoms with E-state index in [1.807, 2.05) is 11.0 Å². The Morgan fingerprint density at radius 2 is 2.16 bits per heavy atom. The molecule has 1 atom stereocenters. The number of rotatable bonds is 2. The minimum absolute atomic E-state index is 0. The summed E-state index contributed by atoms with van der Waals surface area (Å²) in [6.07, 6.45) is 1.10. The van der Waals surface area contributed by atoms with Gasteiger partial charge in [0.15, 0.2) is 0 Å². The molecule has 1 aromatic carbocycles. The van der Waals surface area contributed by atoms with Crippen LogP contribution in [0.25, 0.3) is 0 Å². The predicted molar refractivity (Wildman–Crippen MR) is 84.7 cm³/mol. The van der Waals surface area contributed by atoms with Crippen LogP contribution < -0.4 is 5.73 Å². The molecule has 1 fully saturated rings. The van der Waals surface area contributed by atoms with Crippen LogP contribution in [-0.2, 0) is 0 Å². The van der Waals surface area contributed by atoms with E-state index in [9.17, 15) is 4.79 Å². The van der Waals surface area contributed by atoms with Crippen molar-refractivity contribution in [1.82, 2.24) is 4.90 Å². The molecule has 0 spiro atoms. The smallest absolute Gasteiger partial charge is 0.255 e. The van der Waals surface area contributed by atoms with Gasteiger partial charge in [-0.15, -0.1) is 12.4 Å². The lowest BCUT2D eigenvalue weighted by atomic mass is 9.95. The number of hydrogen-bond acceptors (Lipinski definition) is 2.